The summed E-state index contributed by atoms with van der Waals surface area (Å²) in [5.41, 5.74) is 0.481. The predicted molar refractivity (Wildman–Crippen MR) is 95.7 cm³/mol. The van der Waals surface area contributed by atoms with E-state index in [-0.39, 0.29) is 17.3 Å². The molecule has 3 rings (SSSR count). The summed E-state index contributed by atoms with van der Waals surface area (Å²) in [5, 5.41) is 2.56. The molecule has 0 unspecified atom stereocenters. The van der Waals surface area contributed by atoms with Crippen molar-refractivity contribution >= 4 is 15.9 Å². The topological polar surface area (TPSA) is 93.7 Å². The lowest BCUT2D eigenvalue weighted by molar-refractivity contribution is -0.119. The van der Waals surface area contributed by atoms with E-state index in [4.69, 9.17) is 9.47 Å². The van der Waals surface area contributed by atoms with Crippen LogP contribution in [0.25, 0.3) is 0 Å². The summed E-state index contributed by atoms with van der Waals surface area (Å²) in [5.74, 6) is -0.0249. The molecule has 2 aromatic carbocycles. The highest BCUT2D eigenvalue weighted by Crippen LogP contribution is 2.32. The molecule has 144 valence electrons. The van der Waals surface area contributed by atoms with Crippen LogP contribution in [0.15, 0.2) is 47.4 Å². The Balaban J connectivity index is 1.51. The fourth-order valence-electron chi connectivity index (χ4n) is 2.53. The number of amides is 1. The highest BCUT2D eigenvalue weighted by atomic mass is 32.2. The van der Waals surface area contributed by atoms with Crippen LogP contribution in [0.5, 0.6) is 11.5 Å². The normalized spacial score (nSPS) is 13.2. The highest BCUT2D eigenvalue weighted by molar-refractivity contribution is 7.89. The number of ether oxygens (including phenoxy) is 2. The highest BCUT2D eigenvalue weighted by Gasteiger charge is 2.20. The molecule has 0 fully saturated rings. The summed E-state index contributed by atoms with van der Waals surface area (Å²) in [6.07, 6.45) is 0.313. The molecule has 0 atom stereocenters. The van der Waals surface area contributed by atoms with Crippen molar-refractivity contribution in [2.45, 2.75) is 11.3 Å². The van der Waals surface area contributed by atoms with Crippen molar-refractivity contribution in [3.05, 3.63) is 53.8 Å². The quantitative estimate of drug-likeness (QED) is 0.737. The van der Waals surface area contributed by atoms with Crippen molar-refractivity contribution in [3.8, 4) is 11.5 Å². The van der Waals surface area contributed by atoms with Crippen molar-refractivity contribution < 1.29 is 27.1 Å². The lowest BCUT2D eigenvalue weighted by Crippen LogP contribution is -2.37. The third-order valence-corrected chi connectivity index (χ3v) is 5.32. The van der Waals surface area contributed by atoms with Crippen LogP contribution in [0.2, 0.25) is 0 Å². The number of rotatable bonds is 7. The third-order valence-electron chi connectivity index (χ3n) is 3.92. The second-order valence-corrected chi connectivity index (χ2v) is 7.59. The molecule has 1 aliphatic rings. The molecule has 0 radical (unpaired) electrons. The van der Waals surface area contributed by atoms with Gasteiger partial charge in [-0.05, 0) is 30.2 Å². The van der Waals surface area contributed by atoms with Gasteiger partial charge in [-0.1, -0.05) is 18.2 Å². The minimum atomic E-state index is -3.88. The van der Waals surface area contributed by atoms with Crippen LogP contribution in [0.3, 0.4) is 0 Å². The Hall–Kier alpha value is -2.65. The molecule has 2 aromatic rings. The molecule has 0 aliphatic carbocycles. The number of sulfonamides is 1. The van der Waals surface area contributed by atoms with E-state index in [1.807, 2.05) is 0 Å². The van der Waals surface area contributed by atoms with Crippen molar-refractivity contribution in [1.29, 1.82) is 0 Å². The summed E-state index contributed by atoms with van der Waals surface area (Å²) in [6.45, 7) is 0.526. The number of fused-ring (bicyclic) bond motifs is 1. The van der Waals surface area contributed by atoms with Gasteiger partial charge in [-0.15, -0.1) is 0 Å². The average molecular weight is 394 g/mol. The van der Waals surface area contributed by atoms with E-state index in [9.17, 15) is 17.6 Å². The van der Waals surface area contributed by atoms with Gasteiger partial charge < -0.3 is 14.8 Å². The molecular formula is C18H19FN2O5S. The molecule has 9 heteroatoms. The molecule has 0 saturated carbocycles. The zero-order chi connectivity index (χ0) is 19.3. The fraction of sp³-hybridized carbons (Fsp3) is 0.278. The molecular weight excluding hydrogens is 375 g/mol. The van der Waals surface area contributed by atoms with Gasteiger partial charge in [-0.25, -0.2) is 17.5 Å². The first-order valence-corrected chi connectivity index (χ1v) is 9.83. The van der Waals surface area contributed by atoms with Crippen LogP contribution in [0.1, 0.15) is 5.56 Å². The smallest absolute Gasteiger partial charge is 0.241 e. The van der Waals surface area contributed by atoms with E-state index < -0.39 is 22.5 Å². The van der Waals surface area contributed by atoms with Crippen LogP contribution < -0.4 is 19.5 Å². The zero-order valence-corrected chi connectivity index (χ0v) is 15.2. The van der Waals surface area contributed by atoms with Gasteiger partial charge >= 0.3 is 0 Å². The molecule has 0 aromatic heterocycles. The lowest BCUT2D eigenvalue weighted by Gasteiger charge is -2.18. The summed E-state index contributed by atoms with van der Waals surface area (Å²) >= 11 is 0. The number of carbonyl (C=O) groups is 1. The minimum absolute atomic E-state index is 0.0223. The van der Waals surface area contributed by atoms with Gasteiger partial charge in [0.2, 0.25) is 15.9 Å². The average Bonchev–Trinajstić information content (AvgIpc) is 2.67. The van der Waals surface area contributed by atoms with Gasteiger partial charge in [-0.2, -0.15) is 0 Å². The maximum atomic E-state index is 13.5. The Morgan fingerprint density at radius 2 is 1.81 bits per heavy atom. The molecule has 27 heavy (non-hydrogen) atoms. The van der Waals surface area contributed by atoms with Crippen LogP contribution in [-0.2, 0) is 21.2 Å². The van der Waals surface area contributed by atoms with Gasteiger partial charge in [0, 0.05) is 12.6 Å². The summed E-state index contributed by atoms with van der Waals surface area (Å²) < 4.78 is 51.1. The van der Waals surface area contributed by atoms with Crippen LogP contribution >= 0.6 is 0 Å². The van der Waals surface area contributed by atoms with Gasteiger partial charge in [0.1, 0.15) is 19.0 Å². The second kappa shape index (κ2) is 8.36. The molecule has 0 bridgehead atoms. The third kappa shape index (κ3) is 4.95. The van der Waals surface area contributed by atoms with E-state index in [0.717, 1.165) is 0 Å². The standard InChI is InChI=1S/C18H19FN2O5S/c19-15-4-2-1-3-13(15)7-8-20-18(22)12-21-27(23,24)14-5-6-16-17(11-14)26-10-9-25-16/h1-6,11,21H,7-10,12H2,(H,20,22). The Morgan fingerprint density at radius 3 is 2.59 bits per heavy atom. The van der Waals surface area contributed by atoms with Gasteiger partial charge in [0.25, 0.3) is 0 Å². The van der Waals surface area contributed by atoms with Crippen molar-refractivity contribution in [2.24, 2.45) is 0 Å². The van der Waals surface area contributed by atoms with Gasteiger partial charge in [0.05, 0.1) is 11.4 Å². The maximum Gasteiger partial charge on any atom is 0.241 e. The summed E-state index contributed by atoms with van der Waals surface area (Å²) in [7, 11) is -3.88. The van der Waals surface area contributed by atoms with Crippen LogP contribution in [0.4, 0.5) is 4.39 Å². The molecule has 2 N–H and O–H groups in total. The number of nitrogens with one attached hydrogen (secondary N) is 2. The number of benzene rings is 2. The Labute approximate surface area is 156 Å². The minimum Gasteiger partial charge on any atom is -0.486 e. The summed E-state index contributed by atoms with van der Waals surface area (Å²) in [6, 6.07) is 10.5. The Morgan fingerprint density at radius 1 is 1.07 bits per heavy atom. The second-order valence-electron chi connectivity index (χ2n) is 5.82. The van der Waals surface area contributed by atoms with Crippen molar-refractivity contribution in [1.82, 2.24) is 10.0 Å². The van der Waals surface area contributed by atoms with E-state index in [1.54, 1.807) is 18.2 Å². The SMILES string of the molecule is O=C(CNS(=O)(=O)c1ccc2c(c1)OCCO2)NCCc1ccccc1F. The molecule has 1 aliphatic heterocycles. The van der Waals surface area contributed by atoms with Gasteiger partial charge in [0.15, 0.2) is 11.5 Å². The first-order valence-electron chi connectivity index (χ1n) is 8.35. The van der Waals surface area contributed by atoms with E-state index >= 15 is 0 Å². The van der Waals surface area contributed by atoms with Crippen molar-refractivity contribution in [2.75, 3.05) is 26.3 Å². The van der Waals surface area contributed by atoms with Crippen molar-refractivity contribution in [3.63, 3.8) is 0 Å². The van der Waals surface area contributed by atoms with Crippen LogP contribution in [0, 0.1) is 5.82 Å². The molecule has 0 saturated heterocycles. The van der Waals surface area contributed by atoms with E-state index in [2.05, 4.69) is 10.0 Å². The largest absolute Gasteiger partial charge is 0.486 e. The Kier molecular flexibility index (Phi) is 5.92. The Bertz CT molecular complexity index is 933. The lowest BCUT2D eigenvalue weighted by atomic mass is 10.1. The first kappa shape index (κ1) is 19.1. The maximum absolute atomic E-state index is 13.5. The fourth-order valence-corrected chi connectivity index (χ4v) is 3.53. The number of carbonyl (C=O) groups excluding carboxylic acids is 1. The van der Waals surface area contributed by atoms with Crippen LogP contribution in [-0.4, -0.2) is 40.6 Å². The number of halogens is 1. The zero-order valence-electron chi connectivity index (χ0n) is 14.4. The molecule has 7 nitrogen and oxygen atoms in total. The number of hydrogen-bond acceptors (Lipinski definition) is 5. The molecule has 1 amide bonds. The first-order chi connectivity index (χ1) is 13.0. The van der Waals surface area contributed by atoms with Gasteiger partial charge in [-0.3, -0.25) is 4.79 Å². The molecule has 1 heterocycles. The summed E-state index contributed by atoms with van der Waals surface area (Å²) in [4.78, 5) is 11.8. The molecule has 0 spiro atoms. The monoisotopic (exact) mass is 394 g/mol. The van der Waals surface area contributed by atoms with E-state index in [1.165, 1.54) is 24.3 Å². The van der Waals surface area contributed by atoms with E-state index in [0.29, 0.717) is 36.7 Å². The number of hydrogen-bond donors (Lipinski definition) is 2. The predicted octanol–water partition coefficient (Wildman–Crippen LogP) is 1.23.